The van der Waals surface area contributed by atoms with Crippen molar-refractivity contribution in [1.29, 1.82) is 5.41 Å². The van der Waals surface area contributed by atoms with Crippen LogP contribution in [0.3, 0.4) is 0 Å². The fourth-order valence-corrected chi connectivity index (χ4v) is 1.92. The molecule has 0 bridgehead atoms. The van der Waals surface area contributed by atoms with Gasteiger partial charge >= 0.3 is 0 Å². The molecule has 1 rings (SSSR count). The quantitative estimate of drug-likeness (QED) is 0.600. The molecule has 1 aromatic rings. The smallest absolute Gasteiger partial charge is 0.124 e. The predicted octanol–water partition coefficient (Wildman–Crippen LogP) is 2.14. The van der Waals surface area contributed by atoms with Gasteiger partial charge in [-0.3, -0.25) is 5.41 Å². The maximum Gasteiger partial charge on any atom is 0.124 e. The Kier molecular flexibility index (Phi) is 5.16. The van der Waals surface area contributed by atoms with Crippen molar-refractivity contribution < 1.29 is 4.74 Å². The van der Waals surface area contributed by atoms with E-state index in [9.17, 15) is 0 Å². The van der Waals surface area contributed by atoms with Gasteiger partial charge in [-0.05, 0) is 32.4 Å². The van der Waals surface area contributed by atoms with Gasteiger partial charge in [0.2, 0.25) is 0 Å². The molecular formula is C14H23N3O. The summed E-state index contributed by atoms with van der Waals surface area (Å²) in [4.78, 5) is 2.09. The lowest BCUT2D eigenvalue weighted by atomic mass is 10.1. The van der Waals surface area contributed by atoms with Crippen molar-refractivity contribution in [3.05, 3.63) is 29.3 Å². The van der Waals surface area contributed by atoms with Crippen LogP contribution in [0.15, 0.2) is 18.2 Å². The Morgan fingerprint density at radius 2 is 2.11 bits per heavy atom. The molecule has 0 aliphatic carbocycles. The first-order chi connectivity index (χ1) is 8.43. The summed E-state index contributed by atoms with van der Waals surface area (Å²) in [7, 11) is 2.00. The van der Waals surface area contributed by atoms with Crippen LogP contribution >= 0.6 is 0 Å². The highest BCUT2D eigenvalue weighted by Gasteiger charge is 2.12. The lowest BCUT2D eigenvalue weighted by Crippen LogP contribution is -2.27. The third-order valence-electron chi connectivity index (χ3n) is 2.79. The van der Waals surface area contributed by atoms with Crippen molar-refractivity contribution in [2.45, 2.75) is 26.9 Å². The van der Waals surface area contributed by atoms with Crippen molar-refractivity contribution in [3.63, 3.8) is 0 Å². The third kappa shape index (κ3) is 3.74. The topological polar surface area (TPSA) is 62.3 Å². The number of hydrogen-bond donors (Lipinski definition) is 2. The summed E-state index contributed by atoms with van der Waals surface area (Å²) in [5.74, 6) is 0.102. The molecule has 4 nitrogen and oxygen atoms in total. The number of benzene rings is 1. The second-order valence-corrected chi connectivity index (χ2v) is 4.73. The highest BCUT2D eigenvalue weighted by Crippen LogP contribution is 2.23. The van der Waals surface area contributed by atoms with Gasteiger partial charge in [0.05, 0.1) is 18.4 Å². The van der Waals surface area contributed by atoms with Gasteiger partial charge in [0.15, 0.2) is 0 Å². The van der Waals surface area contributed by atoms with Crippen LogP contribution in [0.5, 0.6) is 0 Å². The Morgan fingerprint density at radius 1 is 1.44 bits per heavy atom. The normalized spacial score (nSPS) is 10.7. The Labute approximate surface area is 109 Å². The minimum absolute atomic E-state index is 0.102. The number of nitrogens with one attached hydrogen (secondary N) is 1. The van der Waals surface area contributed by atoms with E-state index in [4.69, 9.17) is 15.9 Å². The highest BCUT2D eigenvalue weighted by atomic mass is 16.5. The number of nitrogen functional groups attached to an aromatic ring is 1. The summed E-state index contributed by atoms with van der Waals surface area (Å²) in [6.45, 7) is 7.52. The number of hydrogen-bond acceptors (Lipinski definition) is 3. The van der Waals surface area contributed by atoms with Crippen LogP contribution in [0.2, 0.25) is 0 Å². The molecule has 0 fully saturated rings. The van der Waals surface area contributed by atoms with Crippen LogP contribution in [0.1, 0.15) is 25.0 Å². The first-order valence-electron chi connectivity index (χ1n) is 6.20. The maximum atomic E-state index is 7.63. The summed E-state index contributed by atoms with van der Waals surface area (Å²) in [5.41, 5.74) is 8.53. The van der Waals surface area contributed by atoms with E-state index in [1.807, 2.05) is 46.0 Å². The van der Waals surface area contributed by atoms with E-state index >= 15 is 0 Å². The van der Waals surface area contributed by atoms with E-state index < -0.39 is 0 Å². The molecule has 0 saturated heterocycles. The molecule has 1 aromatic carbocycles. The number of nitrogens with zero attached hydrogens (tertiary/aromatic N) is 1. The third-order valence-corrected chi connectivity index (χ3v) is 2.79. The number of rotatable bonds is 6. The molecule has 100 valence electrons. The first-order valence-corrected chi connectivity index (χ1v) is 6.20. The van der Waals surface area contributed by atoms with E-state index in [1.54, 1.807) is 0 Å². The first kappa shape index (κ1) is 14.5. The van der Waals surface area contributed by atoms with Gasteiger partial charge in [-0.2, -0.15) is 0 Å². The van der Waals surface area contributed by atoms with E-state index in [2.05, 4.69) is 4.90 Å². The van der Waals surface area contributed by atoms with Crippen molar-refractivity contribution in [2.24, 2.45) is 5.73 Å². The van der Waals surface area contributed by atoms with Crippen molar-refractivity contribution >= 4 is 11.5 Å². The number of amidine groups is 1. The van der Waals surface area contributed by atoms with E-state index in [0.29, 0.717) is 6.61 Å². The number of likely N-dealkylation sites (N-methyl/N-ethyl adjacent to an activating group) is 1. The van der Waals surface area contributed by atoms with Crippen LogP contribution in [-0.4, -0.2) is 32.1 Å². The molecule has 0 unspecified atom stereocenters. The Balaban J connectivity index is 2.84. The summed E-state index contributed by atoms with van der Waals surface area (Å²) in [6, 6.07) is 5.83. The molecule has 0 aliphatic heterocycles. The second kappa shape index (κ2) is 6.40. The van der Waals surface area contributed by atoms with Gasteiger partial charge in [0.25, 0.3) is 0 Å². The number of ether oxygens (including phenoxy) is 1. The second-order valence-electron chi connectivity index (χ2n) is 4.73. The fraction of sp³-hybridized carbons (Fsp3) is 0.500. The molecule has 4 heteroatoms. The molecule has 3 N–H and O–H groups in total. The lowest BCUT2D eigenvalue weighted by Gasteiger charge is -2.24. The molecular weight excluding hydrogens is 226 g/mol. The standard InChI is InChI=1S/C14H23N3O/c1-10(2)18-9-8-17(4)13-11(3)6-5-7-12(13)14(15)16/h5-7,10H,8-9H2,1-4H3,(H3,15,16). The molecule has 0 radical (unpaired) electrons. The Hall–Kier alpha value is -1.55. The van der Waals surface area contributed by atoms with E-state index in [1.165, 1.54) is 0 Å². The Morgan fingerprint density at radius 3 is 2.67 bits per heavy atom. The summed E-state index contributed by atoms with van der Waals surface area (Å²) in [6.07, 6.45) is 0.238. The molecule has 0 spiro atoms. The minimum Gasteiger partial charge on any atom is -0.384 e. The predicted molar refractivity (Wildman–Crippen MR) is 76.6 cm³/mol. The molecule has 0 atom stereocenters. The zero-order valence-electron chi connectivity index (χ0n) is 11.7. The van der Waals surface area contributed by atoms with Crippen LogP contribution < -0.4 is 10.6 Å². The molecule has 0 aliphatic rings. The zero-order valence-corrected chi connectivity index (χ0v) is 11.7. The number of para-hydroxylation sites is 1. The minimum atomic E-state index is 0.102. The van der Waals surface area contributed by atoms with Gasteiger partial charge in [0.1, 0.15) is 5.84 Å². The Bertz CT molecular complexity index is 416. The zero-order chi connectivity index (χ0) is 13.7. The summed E-state index contributed by atoms with van der Waals surface area (Å²) < 4.78 is 5.55. The van der Waals surface area contributed by atoms with Crippen LogP contribution in [0, 0.1) is 12.3 Å². The van der Waals surface area contributed by atoms with E-state index in [0.717, 1.165) is 23.4 Å². The van der Waals surface area contributed by atoms with Gasteiger partial charge < -0.3 is 15.4 Å². The molecule has 0 heterocycles. The molecule has 0 aromatic heterocycles. The number of aryl methyl sites for hydroxylation is 1. The SMILES string of the molecule is Cc1cccc(C(=N)N)c1N(C)CCOC(C)C. The van der Waals surface area contributed by atoms with Crippen molar-refractivity contribution in [1.82, 2.24) is 0 Å². The molecule has 0 saturated carbocycles. The molecule has 0 amide bonds. The molecule has 18 heavy (non-hydrogen) atoms. The van der Waals surface area contributed by atoms with Crippen LogP contribution in [0.25, 0.3) is 0 Å². The summed E-state index contributed by atoms with van der Waals surface area (Å²) >= 11 is 0. The van der Waals surface area contributed by atoms with Crippen molar-refractivity contribution in [3.8, 4) is 0 Å². The summed E-state index contributed by atoms with van der Waals surface area (Å²) in [5, 5.41) is 7.63. The average molecular weight is 249 g/mol. The van der Waals surface area contributed by atoms with Gasteiger partial charge in [-0.1, -0.05) is 12.1 Å². The van der Waals surface area contributed by atoms with Crippen molar-refractivity contribution in [2.75, 3.05) is 25.1 Å². The van der Waals surface area contributed by atoms with Gasteiger partial charge in [-0.15, -0.1) is 0 Å². The van der Waals surface area contributed by atoms with Gasteiger partial charge in [-0.25, -0.2) is 0 Å². The maximum absolute atomic E-state index is 7.63. The van der Waals surface area contributed by atoms with Crippen LogP contribution in [0.4, 0.5) is 5.69 Å². The largest absolute Gasteiger partial charge is 0.384 e. The van der Waals surface area contributed by atoms with Gasteiger partial charge in [0, 0.05) is 19.2 Å². The number of anilines is 1. The highest BCUT2D eigenvalue weighted by molar-refractivity contribution is 6.01. The lowest BCUT2D eigenvalue weighted by molar-refractivity contribution is 0.0846. The van der Waals surface area contributed by atoms with E-state index in [-0.39, 0.29) is 11.9 Å². The average Bonchev–Trinajstić information content (AvgIpc) is 2.27. The van der Waals surface area contributed by atoms with Crippen LogP contribution in [-0.2, 0) is 4.74 Å². The fourth-order valence-electron chi connectivity index (χ4n) is 1.92. The number of nitrogens with two attached hydrogens (primary N) is 1. The monoisotopic (exact) mass is 249 g/mol.